The number of urea groups is 1. The first-order chi connectivity index (χ1) is 9.07. The van der Waals surface area contributed by atoms with Crippen LogP contribution >= 0.6 is 0 Å². The van der Waals surface area contributed by atoms with Crippen LogP contribution in [0.4, 0.5) is 4.79 Å². The lowest BCUT2D eigenvalue weighted by molar-refractivity contribution is 0.155. The Morgan fingerprint density at radius 3 is 2.30 bits per heavy atom. The van der Waals surface area contributed by atoms with Crippen LogP contribution in [0.5, 0.6) is 0 Å². The summed E-state index contributed by atoms with van der Waals surface area (Å²) >= 11 is 0. The first-order valence-corrected chi connectivity index (χ1v) is 8.80. The van der Waals surface area contributed by atoms with Gasteiger partial charge >= 0.3 is 6.03 Å². The van der Waals surface area contributed by atoms with E-state index in [1.54, 1.807) is 0 Å². The molecule has 1 saturated heterocycles. The molecule has 0 unspecified atom stereocenters. The Balaban J connectivity index is 2.28. The van der Waals surface area contributed by atoms with E-state index in [0.29, 0.717) is 19.0 Å². The highest BCUT2D eigenvalue weighted by atomic mass is 32.2. The van der Waals surface area contributed by atoms with E-state index in [1.807, 2.05) is 25.7 Å². The quantitative estimate of drug-likeness (QED) is 0.800. The van der Waals surface area contributed by atoms with Gasteiger partial charge in [0.1, 0.15) is 0 Å². The molecular weight excluding hydrogens is 280 g/mol. The highest BCUT2D eigenvalue weighted by molar-refractivity contribution is 7.85. The zero-order valence-corrected chi connectivity index (χ0v) is 13.6. The van der Waals surface area contributed by atoms with Gasteiger partial charge in [-0.15, -0.1) is 0 Å². The number of carbonyl (C=O) groups is 1. The van der Waals surface area contributed by atoms with Gasteiger partial charge in [0.25, 0.3) is 10.1 Å². The molecule has 1 fully saturated rings. The highest BCUT2D eigenvalue weighted by Gasteiger charge is 2.25. The summed E-state index contributed by atoms with van der Waals surface area (Å²) in [6.45, 7) is 7.54. The molecule has 0 saturated carbocycles. The van der Waals surface area contributed by atoms with Gasteiger partial charge in [0.05, 0.1) is 12.9 Å². The number of hydrogen-bond donors (Lipinski definition) is 1. The summed E-state index contributed by atoms with van der Waals surface area (Å²) in [5, 5.41) is 2.95. The summed E-state index contributed by atoms with van der Waals surface area (Å²) in [5.41, 5.74) is -0.225. The van der Waals surface area contributed by atoms with E-state index >= 15 is 0 Å². The average molecular weight is 306 g/mol. The monoisotopic (exact) mass is 306 g/mol. The molecule has 1 N–H and O–H groups in total. The normalized spacial score (nSPS) is 18.1. The van der Waals surface area contributed by atoms with Crippen molar-refractivity contribution in [3.63, 3.8) is 0 Å². The minimum Gasteiger partial charge on any atom is -0.333 e. The van der Waals surface area contributed by atoms with Gasteiger partial charge < -0.3 is 10.2 Å². The molecule has 6 nitrogen and oxygen atoms in total. The predicted octanol–water partition coefficient (Wildman–Crippen LogP) is 1.57. The third-order valence-electron chi connectivity index (χ3n) is 3.21. The maximum Gasteiger partial charge on any atom is 0.317 e. The third kappa shape index (κ3) is 7.09. The Bertz CT molecular complexity index is 420. The fourth-order valence-electron chi connectivity index (χ4n) is 2.19. The summed E-state index contributed by atoms with van der Waals surface area (Å²) in [5.74, 6) is 0.426. The number of likely N-dealkylation sites (tertiary alicyclic amines) is 1. The number of nitrogens with one attached hydrogen (secondary N) is 1. The maximum atomic E-state index is 12.0. The number of rotatable bonds is 4. The second-order valence-electron chi connectivity index (χ2n) is 6.43. The smallest absolute Gasteiger partial charge is 0.317 e. The van der Waals surface area contributed by atoms with E-state index in [-0.39, 0.29) is 18.2 Å². The van der Waals surface area contributed by atoms with E-state index in [2.05, 4.69) is 5.32 Å². The van der Waals surface area contributed by atoms with Crippen LogP contribution in [0.3, 0.4) is 0 Å². The van der Waals surface area contributed by atoms with Gasteiger partial charge in [-0.05, 0) is 46.0 Å². The molecule has 1 aliphatic heterocycles. The van der Waals surface area contributed by atoms with Crippen molar-refractivity contribution >= 4 is 16.1 Å². The fourth-order valence-corrected chi connectivity index (χ4v) is 2.59. The average Bonchev–Trinajstić information content (AvgIpc) is 2.25. The van der Waals surface area contributed by atoms with Gasteiger partial charge in [-0.25, -0.2) is 4.79 Å². The largest absolute Gasteiger partial charge is 0.333 e. The molecule has 118 valence electrons. The molecule has 0 aromatic carbocycles. The van der Waals surface area contributed by atoms with Gasteiger partial charge in [0, 0.05) is 18.6 Å². The number of amides is 2. The molecule has 1 heterocycles. The van der Waals surface area contributed by atoms with E-state index < -0.39 is 10.1 Å². The molecule has 0 aromatic rings. The third-order valence-corrected chi connectivity index (χ3v) is 3.80. The number of nitrogens with zero attached hydrogens (tertiary/aromatic N) is 1. The molecule has 0 aromatic heterocycles. The second-order valence-corrected chi connectivity index (χ2v) is 8.07. The summed E-state index contributed by atoms with van der Waals surface area (Å²) in [4.78, 5) is 13.8. The standard InChI is InChI=1S/C13H26N2O4S/c1-13(2,3)14-12(16)15-8-5-11(6-9-15)7-10-19-20(4,17)18/h11H,5-10H2,1-4H3,(H,14,16). The van der Waals surface area contributed by atoms with Crippen LogP contribution < -0.4 is 5.32 Å². The summed E-state index contributed by atoms with van der Waals surface area (Å²) in [6.07, 6.45) is 3.57. The topological polar surface area (TPSA) is 75.7 Å². The zero-order chi connectivity index (χ0) is 15.4. The van der Waals surface area contributed by atoms with Gasteiger partial charge in [0.2, 0.25) is 0 Å². The second kappa shape index (κ2) is 6.76. The molecule has 7 heteroatoms. The Morgan fingerprint density at radius 2 is 1.85 bits per heavy atom. The van der Waals surface area contributed by atoms with Crippen LogP contribution in [0.15, 0.2) is 0 Å². The van der Waals surface area contributed by atoms with Gasteiger partial charge in [-0.3, -0.25) is 4.18 Å². The molecule has 0 atom stereocenters. The lowest BCUT2D eigenvalue weighted by Gasteiger charge is -2.34. The Labute approximate surface area is 122 Å². The van der Waals surface area contributed by atoms with Crippen molar-refractivity contribution in [2.45, 2.75) is 45.6 Å². The van der Waals surface area contributed by atoms with E-state index in [0.717, 1.165) is 25.5 Å². The first kappa shape index (κ1) is 17.2. The summed E-state index contributed by atoms with van der Waals surface area (Å²) in [7, 11) is -3.34. The van der Waals surface area contributed by atoms with Crippen LogP contribution in [0.2, 0.25) is 0 Å². The van der Waals surface area contributed by atoms with E-state index in [4.69, 9.17) is 4.18 Å². The Hall–Kier alpha value is -0.820. The van der Waals surface area contributed by atoms with Gasteiger partial charge in [-0.2, -0.15) is 8.42 Å². The minimum atomic E-state index is -3.34. The zero-order valence-electron chi connectivity index (χ0n) is 12.8. The minimum absolute atomic E-state index is 0.0247. The van der Waals surface area contributed by atoms with Crippen LogP contribution in [-0.4, -0.2) is 50.8 Å². The van der Waals surface area contributed by atoms with Crippen molar-refractivity contribution in [2.75, 3.05) is 26.0 Å². The van der Waals surface area contributed by atoms with Crippen molar-refractivity contribution in [3.05, 3.63) is 0 Å². The summed E-state index contributed by atoms with van der Waals surface area (Å²) < 4.78 is 26.5. The van der Waals surface area contributed by atoms with Crippen molar-refractivity contribution in [3.8, 4) is 0 Å². The molecule has 1 aliphatic rings. The Kier molecular flexibility index (Phi) is 5.82. The Morgan fingerprint density at radius 1 is 1.30 bits per heavy atom. The fraction of sp³-hybridized carbons (Fsp3) is 0.923. The van der Waals surface area contributed by atoms with Crippen molar-refractivity contribution in [2.24, 2.45) is 5.92 Å². The van der Waals surface area contributed by atoms with Crippen molar-refractivity contribution < 1.29 is 17.4 Å². The summed E-state index contributed by atoms with van der Waals surface area (Å²) in [6, 6.07) is -0.0247. The van der Waals surface area contributed by atoms with Crippen LogP contribution in [0.1, 0.15) is 40.0 Å². The molecule has 2 amide bonds. The molecule has 0 bridgehead atoms. The van der Waals surface area contributed by atoms with Crippen molar-refractivity contribution in [1.82, 2.24) is 10.2 Å². The molecule has 0 aliphatic carbocycles. The van der Waals surface area contributed by atoms with Gasteiger partial charge in [-0.1, -0.05) is 0 Å². The van der Waals surface area contributed by atoms with Crippen LogP contribution in [0.25, 0.3) is 0 Å². The molecule has 1 rings (SSSR count). The molecule has 0 radical (unpaired) electrons. The van der Waals surface area contributed by atoms with Gasteiger partial charge in [0.15, 0.2) is 0 Å². The molecular formula is C13H26N2O4S. The maximum absolute atomic E-state index is 12.0. The first-order valence-electron chi connectivity index (χ1n) is 6.98. The van der Waals surface area contributed by atoms with E-state index in [9.17, 15) is 13.2 Å². The van der Waals surface area contributed by atoms with Crippen molar-refractivity contribution in [1.29, 1.82) is 0 Å². The number of hydrogen-bond acceptors (Lipinski definition) is 4. The number of piperidine rings is 1. The molecule has 20 heavy (non-hydrogen) atoms. The van der Waals surface area contributed by atoms with E-state index in [1.165, 1.54) is 0 Å². The predicted molar refractivity (Wildman–Crippen MR) is 78.0 cm³/mol. The molecule has 0 spiro atoms. The number of carbonyl (C=O) groups excluding carboxylic acids is 1. The SMILES string of the molecule is CC(C)(C)NC(=O)N1CCC(CCOS(C)(=O)=O)CC1. The lowest BCUT2D eigenvalue weighted by Crippen LogP contribution is -2.50. The highest BCUT2D eigenvalue weighted by Crippen LogP contribution is 2.21. The lowest BCUT2D eigenvalue weighted by atomic mass is 9.94. The van der Waals surface area contributed by atoms with Crippen LogP contribution in [-0.2, 0) is 14.3 Å². The van der Waals surface area contributed by atoms with Crippen LogP contribution in [0, 0.1) is 5.92 Å².